The Balaban J connectivity index is 0.000000120. The molecule has 0 aromatic carbocycles. The summed E-state index contributed by atoms with van der Waals surface area (Å²) in [7, 11) is 0. The van der Waals surface area contributed by atoms with Gasteiger partial charge in [0.1, 0.15) is 11.6 Å². The average molecular weight is 214 g/mol. The van der Waals surface area contributed by atoms with Crippen LogP contribution in [0.25, 0.3) is 0 Å². The molecule has 3 heterocycles. The van der Waals surface area contributed by atoms with E-state index in [9.17, 15) is 0 Å². The molecule has 0 aliphatic carbocycles. The highest BCUT2D eigenvalue weighted by atomic mass is 15.1. The van der Waals surface area contributed by atoms with Crippen LogP contribution < -0.4 is 11.1 Å². The number of hydrogen-bond donors (Lipinski definition) is 2. The molecule has 0 spiro atoms. The van der Waals surface area contributed by atoms with E-state index in [0.717, 1.165) is 23.6 Å². The molecule has 1 aliphatic heterocycles. The molecule has 82 valence electrons. The number of fused-ring (bicyclic) bond motifs is 2. The van der Waals surface area contributed by atoms with E-state index in [2.05, 4.69) is 15.3 Å². The maximum Gasteiger partial charge on any atom is 0.126 e. The van der Waals surface area contributed by atoms with E-state index in [0.29, 0.717) is 5.82 Å². The van der Waals surface area contributed by atoms with E-state index >= 15 is 0 Å². The molecular formula is C12H14N4. The Morgan fingerprint density at radius 2 is 2.19 bits per heavy atom. The lowest BCUT2D eigenvalue weighted by Crippen LogP contribution is -1.87. The van der Waals surface area contributed by atoms with Crippen LogP contribution in [0, 0.1) is 6.92 Å². The zero-order chi connectivity index (χ0) is 11.4. The van der Waals surface area contributed by atoms with Gasteiger partial charge in [-0.15, -0.1) is 0 Å². The van der Waals surface area contributed by atoms with Crippen LogP contribution in [0.1, 0.15) is 11.3 Å². The molecule has 0 amide bonds. The zero-order valence-electron chi connectivity index (χ0n) is 9.14. The minimum atomic E-state index is 0.588. The van der Waals surface area contributed by atoms with Crippen molar-refractivity contribution in [3.63, 3.8) is 0 Å². The van der Waals surface area contributed by atoms with Crippen molar-refractivity contribution in [1.82, 2.24) is 9.97 Å². The molecule has 0 atom stereocenters. The molecule has 16 heavy (non-hydrogen) atoms. The Morgan fingerprint density at radius 1 is 1.31 bits per heavy atom. The molecule has 0 saturated carbocycles. The van der Waals surface area contributed by atoms with Crippen molar-refractivity contribution < 1.29 is 0 Å². The fourth-order valence-electron chi connectivity index (χ4n) is 1.42. The van der Waals surface area contributed by atoms with Crippen molar-refractivity contribution >= 4 is 11.6 Å². The van der Waals surface area contributed by atoms with Crippen molar-refractivity contribution in [2.75, 3.05) is 11.1 Å². The molecule has 0 radical (unpaired) electrons. The highest BCUT2D eigenvalue weighted by molar-refractivity contribution is 5.40. The van der Waals surface area contributed by atoms with E-state index in [1.807, 2.05) is 37.3 Å². The smallest absolute Gasteiger partial charge is 0.126 e. The minimum Gasteiger partial charge on any atom is -0.384 e. The molecule has 2 aromatic heterocycles. The third-order valence-corrected chi connectivity index (χ3v) is 2.19. The van der Waals surface area contributed by atoms with Crippen LogP contribution in [0.5, 0.6) is 0 Å². The first-order chi connectivity index (χ1) is 7.74. The van der Waals surface area contributed by atoms with Gasteiger partial charge in [0.15, 0.2) is 0 Å². The van der Waals surface area contributed by atoms with Crippen LogP contribution in [0.3, 0.4) is 0 Å². The Hall–Kier alpha value is -2.10. The second kappa shape index (κ2) is 4.61. The van der Waals surface area contributed by atoms with E-state index in [1.54, 1.807) is 6.20 Å². The number of hydrogen-bond acceptors (Lipinski definition) is 4. The second-order valence-corrected chi connectivity index (χ2v) is 3.63. The van der Waals surface area contributed by atoms with E-state index in [1.165, 1.54) is 0 Å². The first-order valence-corrected chi connectivity index (χ1v) is 5.12. The molecule has 0 fully saturated rings. The van der Waals surface area contributed by atoms with Gasteiger partial charge < -0.3 is 11.1 Å². The number of nitrogen functional groups attached to an aromatic ring is 1. The topological polar surface area (TPSA) is 63.8 Å². The number of pyridine rings is 2. The van der Waals surface area contributed by atoms with Gasteiger partial charge >= 0.3 is 0 Å². The monoisotopic (exact) mass is 214 g/mol. The molecule has 2 bridgehead atoms. The number of nitrogens with two attached hydrogens (primary N) is 1. The van der Waals surface area contributed by atoms with Gasteiger partial charge in [-0.1, -0.05) is 6.07 Å². The van der Waals surface area contributed by atoms with Crippen molar-refractivity contribution in [3.05, 3.63) is 47.8 Å². The van der Waals surface area contributed by atoms with Crippen molar-refractivity contribution in [3.8, 4) is 0 Å². The van der Waals surface area contributed by atoms with E-state index in [-0.39, 0.29) is 0 Å². The first kappa shape index (κ1) is 10.4. The minimum absolute atomic E-state index is 0.588. The summed E-state index contributed by atoms with van der Waals surface area (Å²) in [5.41, 5.74) is 7.64. The third kappa shape index (κ3) is 2.70. The quantitative estimate of drug-likeness (QED) is 0.703. The van der Waals surface area contributed by atoms with Gasteiger partial charge in [-0.25, -0.2) is 9.97 Å². The largest absolute Gasteiger partial charge is 0.384 e. The van der Waals surface area contributed by atoms with Crippen molar-refractivity contribution in [2.24, 2.45) is 0 Å². The van der Waals surface area contributed by atoms with Gasteiger partial charge in [0.25, 0.3) is 0 Å². The lowest BCUT2D eigenvalue weighted by Gasteiger charge is -1.90. The summed E-state index contributed by atoms with van der Waals surface area (Å²) in [6.45, 7) is 2.89. The molecule has 4 nitrogen and oxygen atoms in total. The predicted octanol–water partition coefficient (Wildman–Crippen LogP) is 1.98. The third-order valence-electron chi connectivity index (χ3n) is 2.19. The maximum atomic E-state index is 5.35. The standard InChI is InChI=1S/C6H6N2.C6H8N2/c1-2-5-4-7-6(3-1)8-5;1-5-2-3-8-6(7)4-5/h1-3H,4H2,(H,7,8);2-4H,1H3,(H2,7,8). The second-order valence-electron chi connectivity index (χ2n) is 3.63. The first-order valence-electron chi connectivity index (χ1n) is 5.12. The summed E-state index contributed by atoms with van der Waals surface area (Å²) in [6.07, 6.45) is 1.70. The molecule has 0 unspecified atom stereocenters. The average Bonchev–Trinajstić information content (AvgIpc) is 2.58. The van der Waals surface area contributed by atoms with Crippen LogP contribution in [0.15, 0.2) is 36.5 Å². The lowest BCUT2D eigenvalue weighted by atomic mass is 10.3. The van der Waals surface area contributed by atoms with Crippen LogP contribution in [-0.4, -0.2) is 9.97 Å². The normalized spacial score (nSPS) is 11.3. The molecule has 1 aliphatic rings. The summed E-state index contributed by atoms with van der Waals surface area (Å²) in [5, 5.41) is 3.11. The number of nitrogens with one attached hydrogen (secondary N) is 1. The van der Waals surface area contributed by atoms with E-state index in [4.69, 9.17) is 5.73 Å². The van der Waals surface area contributed by atoms with Crippen LogP contribution in [0.4, 0.5) is 11.6 Å². The van der Waals surface area contributed by atoms with Crippen LogP contribution in [-0.2, 0) is 6.54 Å². The number of aromatic nitrogens is 2. The van der Waals surface area contributed by atoms with Gasteiger partial charge in [0, 0.05) is 6.20 Å². The number of rotatable bonds is 0. The zero-order valence-corrected chi connectivity index (χ0v) is 9.14. The summed E-state index contributed by atoms with van der Waals surface area (Å²) in [6, 6.07) is 9.74. The van der Waals surface area contributed by atoms with Gasteiger partial charge in [0.2, 0.25) is 0 Å². The van der Waals surface area contributed by atoms with Gasteiger partial charge in [-0.3, -0.25) is 0 Å². The Kier molecular flexibility index (Phi) is 3.00. The highest BCUT2D eigenvalue weighted by Gasteiger charge is 2.03. The molecule has 3 N–H and O–H groups in total. The molecule has 0 saturated heterocycles. The molecule has 4 heteroatoms. The summed E-state index contributed by atoms with van der Waals surface area (Å²) in [5.74, 6) is 1.59. The van der Waals surface area contributed by atoms with Gasteiger partial charge in [-0.05, 0) is 36.8 Å². The summed E-state index contributed by atoms with van der Waals surface area (Å²) in [4.78, 5) is 7.99. The fourth-order valence-corrected chi connectivity index (χ4v) is 1.42. The van der Waals surface area contributed by atoms with Gasteiger partial charge in [0.05, 0.1) is 12.2 Å². The van der Waals surface area contributed by atoms with E-state index < -0.39 is 0 Å². The Bertz CT molecular complexity index is 445. The summed E-state index contributed by atoms with van der Waals surface area (Å²) < 4.78 is 0. The number of nitrogens with zero attached hydrogens (tertiary/aromatic N) is 2. The predicted molar refractivity (Wildman–Crippen MR) is 65.0 cm³/mol. The molecule has 3 rings (SSSR count). The Labute approximate surface area is 94.5 Å². The maximum absolute atomic E-state index is 5.35. The van der Waals surface area contributed by atoms with Crippen LogP contribution >= 0.6 is 0 Å². The van der Waals surface area contributed by atoms with Gasteiger partial charge in [-0.2, -0.15) is 0 Å². The SMILES string of the molecule is Cc1ccnc(N)c1.c1cc2nc(c1)NC2. The molecule has 2 aromatic rings. The lowest BCUT2D eigenvalue weighted by molar-refractivity contribution is 1.18. The number of anilines is 2. The van der Waals surface area contributed by atoms with Crippen molar-refractivity contribution in [2.45, 2.75) is 13.5 Å². The highest BCUT2D eigenvalue weighted by Crippen LogP contribution is 2.11. The van der Waals surface area contributed by atoms with Crippen molar-refractivity contribution in [1.29, 1.82) is 0 Å². The fraction of sp³-hybridized carbons (Fsp3) is 0.167. The summed E-state index contributed by atoms with van der Waals surface area (Å²) >= 11 is 0. The number of aryl methyl sites for hydroxylation is 1. The van der Waals surface area contributed by atoms with Crippen LogP contribution in [0.2, 0.25) is 0 Å². The molecular weight excluding hydrogens is 200 g/mol. The Morgan fingerprint density at radius 3 is 2.75 bits per heavy atom.